The third-order valence-electron chi connectivity index (χ3n) is 10.6. The fourth-order valence-corrected chi connectivity index (χ4v) is 10.4. The number of anilines is 1. The molecule has 0 aromatic carbocycles. The zero-order chi connectivity index (χ0) is 50.7. The van der Waals surface area contributed by atoms with Crippen LogP contribution in [0.15, 0.2) is 12.7 Å². The van der Waals surface area contributed by atoms with Gasteiger partial charge in [0.25, 0.3) is 0 Å². The number of carbonyl (C=O) groups excluding carboxylic acids is 4. The van der Waals surface area contributed by atoms with Crippen LogP contribution in [0, 0.1) is 11.3 Å². The first kappa shape index (κ1) is 59.5. The first-order valence-corrected chi connectivity index (χ1v) is 27.9. The van der Waals surface area contributed by atoms with E-state index in [0.29, 0.717) is 6.42 Å². The summed E-state index contributed by atoms with van der Waals surface area (Å²) in [5.41, 5.74) is 4.24. The van der Waals surface area contributed by atoms with Gasteiger partial charge < -0.3 is 50.9 Å². The van der Waals surface area contributed by atoms with E-state index in [4.69, 9.17) is 19.5 Å². The molecule has 2 aromatic heterocycles. The summed E-state index contributed by atoms with van der Waals surface area (Å²) in [5.74, 6) is -0.623. The molecule has 0 saturated carbocycles. The van der Waals surface area contributed by atoms with Gasteiger partial charge in [0.1, 0.15) is 42.0 Å². The molecule has 0 spiro atoms. The molecule has 1 saturated heterocycles. The van der Waals surface area contributed by atoms with E-state index in [1.165, 1.54) is 58.8 Å². The summed E-state index contributed by atoms with van der Waals surface area (Å²) < 4.78 is 62.4. The van der Waals surface area contributed by atoms with Crippen molar-refractivity contribution in [3.63, 3.8) is 0 Å². The molecule has 1 aliphatic heterocycles. The quantitative estimate of drug-likeness (QED) is 0.0272. The van der Waals surface area contributed by atoms with Crippen LogP contribution < -0.4 is 16.4 Å². The van der Waals surface area contributed by atoms with Crippen molar-refractivity contribution in [2.75, 3.05) is 37.8 Å². The number of ketones is 1. The van der Waals surface area contributed by atoms with E-state index in [9.17, 15) is 62.7 Å². The molecular formula is C39H68N7O18P3S. The Balaban J connectivity index is 1.31. The first-order valence-electron chi connectivity index (χ1n) is 22.4. The molecule has 25 nitrogen and oxygen atoms in total. The van der Waals surface area contributed by atoms with Gasteiger partial charge in [-0.3, -0.25) is 37.3 Å². The second-order valence-electron chi connectivity index (χ2n) is 17.5. The molecular weight excluding hydrogens is 979 g/mol. The van der Waals surface area contributed by atoms with Gasteiger partial charge >= 0.3 is 23.5 Å². The molecule has 10 N–H and O–H groups in total. The maximum absolute atomic E-state index is 12.7. The third-order valence-corrected chi connectivity index (χ3v) is 14.6. The van der Waals surface area contributed by atoms with E-state index in [0.717, 1.165) is 60.6 Å². The number of nitrogens with zero attached hydrogens (tertiary/aromatic N) is 4. The molecule has 2 amide bonds. The molecule has 0 radical (unpaired) electrons. The van der Waals surface area contributed by atoms with Crippen molar-refractivity contribution in [2.24, 2.45) is 11.3 Å². The third kappa shape index (κ3) is 21.7. The number of aliphatic hydroxyl groups excluding tert-OH is 2. The van der Waals surface area contributed by atoms with Crippen LogP contribution in [-0.4, -0.2) is 128 Å². The number of phosphoric acid groups is 3. The number of nitrogen functional groups attached to an aromatic ring is 1. The highest BCUT2D eigenvalue weighted by Crippen LogP contribution is 2.61. The molecule has 0 bridgehead atoms. The number of phosphoric ester groups is 3. The van der Waals surface area contributed by atoms with Gasteiger partial charge in [0.15, 0.2) is 22.8 Å². The van der Waals surface area contributed by atoms with Crippen LogP contribution in [-0.2, 0) is 55.5 Å². The largest absolute Gasteiger partial charge is 0.481 e. The SMILES string of the molecule is CC(C)CCCCCCCCCCCCC(=O)CC(=O)SCCNC(=O)CCNC(=O)[C@H](O)C(C)(C)COP(=O)(O)OP(=O)(O)OC[C@H]1O[C@@H](n2cnc3c(N)ncnc32)[C@H](O)[C@@H]1OP(=O)(O)O. The summed E-state index contributed by atoms with van der Waals surface area (Å²) in [5, 5.41) is 26.2. The number of carbonyl (C=O) groups is 4. The number of aliphatic hydroxyl groups is 2. The molecule has 0 aliphatic carbocycles. The number of hydrogen-bond donors (Lipinski definition) is 9. The molecule has 1 aliphatic rings. The van der Waals surface area contributed by atoms with Gasteiger partial charge in [-0.1, -0.05) is 104 Å². The number of thioether (sulfide) groups is 1. The lowest BCUT2D eigenvalue weighted by molar-refractivity contribution is -0.137. The van der Waals surface area contributed by atoms with Crippen molar-refractivity contribution in [3.05, 3.63) is 12.7 Å². The van der Waals surface area contributed by atoms with Gasteiger partial charge in [-0.2, -0.15) is 4.31 Å². The number of amides is 2. The maximum Gasteiger partial charge on any atom is 0.481 e. The van der Waals surface area contributed by atoms with Crippen LogP contribution in [0.25, 0.3) is 11.2 Å². The van der Waals surface area contributed by atoms with Crippen LogP contribution >= 0.6 is 35.2 Å². The van der Waals surface area contributed by atoms with Gasteiger partial charge in [-0.05, 0) is 12.3 Å². The lowest BCUT2D eigenvalue weighted by Crippen LogP contribution is -2.46. The number of aromatic nitrogens is 4. The van der Waals surface area contributed by atoms with Gasteiger partial charge in [-0.15, -0.1) is 0 Å². The lowest BCUT2D eigenvalue weighted by Gasteiger charge is -2.30. The highest BCUT2D eigenvalue weighted by atomic mass is 32.2. The van der Waals surface area contributed by atoms with Gasteiger partial charge in [0, 0.05) is 37.1 Å². The second kappa shape index (κ2) is 28.3. The summed E-state index contributed by atoms with van der Waals surface area (Å²) in [7, 11) is -16.4. The maximum atomic E-state index is 12.7. The smallest absolute Gasteiger partial charge is 0.386 e. The normalized spacial score (nSPS) is 20.0. The monoisotopic (exact) mass is 1050 g/mol. The first-order chi connectivity index (χ1) is 31.8. The lowest BCUT2D eigenvalue weighted by atomic mass is 9.87. The van der Waals surface area contributed by atoms with Crippen molar-refractivity contribution in [1.29, 1.82) is 0 Å². The average molecular weight is 1050 g/mol. The fourth-order valence-electron chi connectivity index (χ4n) is 6.88. The number of Topliss-reactive ketones (excluding diaryl/α,β-unsaturated/α-hetero) is 1. The van der Waals surface area contributed by atoms with Crippen LogP contribution in [0.4, 0.5) is 5.82 Å². The Kier molecular flexibility index (Phi) is 24.8. The molecule has 388 valence electrons. The summed E-state index contributed by atoms with van der Waals surface area (Å²) in [4.78, 5) is 101. The number of rotatable bonds is 34. The molecule has 29 heteroatoms. The van der Waals surface area contributed by atoms with Gasteiger partial charge in [0.2, 0.25) is 11.8 Å². The minimum absolute atomic E-state index is 0.0262. The minimum atomic E-state index is -5.59. The van der Waals surface area contributed by atoms with Crippen LogP contribution in [0.1, 0.15) is 124 Å². The summed E-state index contributed by atoms with van der Waals surface area (Å²) in [6.07, 6.45) is 6.06. The van der Waals surface area contributed by atoms with Crippen molar-refractivity contribution < 1.29 is 85.3 Å². The molecule has 3 rings (SSSR count). The number of unbranched alkanes of at least 4 members (excludes halogenated alkanes) is 9. The number of hydrogen-bond acceptors (Lipinski definition) is 19. The topological polar surface area (TPSA) is 381 Å². The van der Waals surface area contributed by atoms with Gasteiger partial charge in [0.05, 0.1) is 26.0 Å². The zero-order valence-electron chi connectivity index (χ0n) is 38.8. The Labute approximate surface area is 399 Å². The Hall–Kier alpha value is -2.77. The highest BCUT2D eigenvalue weighted by Gasteiger charge is 2.50. The van der Waals surface area contributed by atoms with E-state index in [1.807, 2.05) is 0 Å². The van der Waals surface area contributed by atoms with Crippen molar-refractivity contribution in [2.45, 2.75) is 148 Å². The van der Waals surface area contributed by atoms with Gasteiger partial charge in [-0.25, -0.2) is 28.6 Å². The summed E-state index contributed by atoms with van der Waals surface area (Å²) in [6.45, 7) is 4.85. The number of nitrogens with two attached hydrogens (primary N) is 1. The Morgan fingerprint density at radius 1 is 0.882 bits per heavy atom. The van der Waals surface area contributed by atoms with E-state index in [-0.39, 0.29) is 59.6 Å². The van der Waals surface area contributed by atoms with E-state index in [1.54, 1.807) is 0 Å². The fraction of sp³-hybridized carbons (Fsp3) is 0.769. The Bertz CT molecular complexity index is 2090. The second-order valence-corrected chi connectivity index (χ2v) is 22.9. The Morgan fingerprint density at radius 2 is 1.50 bits per heavy atom. The summed E-state index contributed by atoms with van der Waals surface area (Å²) in [6, 6.07) is 0. The van der Waals surface area contributed by atoms with E-state index in [2.05, 4.69) is 48.3 Å². The Morgan fingerprint density at radius 3 is 2.13 bits per heavy atom. The highest BCUT2D eigenvalue weighted by molar-refractivity contribution is 8.13. The molecule has 7 atom stereocenters. The molecule has 2 aromatic rings. The van der Waals surface area contributed by atoms with Crippen LogP contribution in [0.2, 0.25) is 0 Å². The van der Waals surface area contributed by atoms with E-state index < -0.39 is 84.6 Å². The zero-order valence-corrected chi connectivity index (χ0v) is 42.3. The minimum Gasteiger partial charge on any atom is -0.386 e. The molecule has 1 fully saturated rings. The van der Waals surface area contributed by atoms with E-state index >= 15 is 0 Å². The standard InChI is InChI=1S/C39H68N7O18P3S/c1-26(2)15-13-11-9-7-5-6-8-10-12-14-16-27(47)21-30(49)68-20-19-41-29(48)17-18-42-37(52)34(51)39(3,4)23-61-67(58,59)64-66(56,57)60-22-28-33(63-65(53,54)55)32(50)38(62-28)46-25-45-31-35(40)43-24-44-36(31)46/h24-26,28,32-34,38,50-51H,5-23H2,1-4H3,(H,41,48)(H,42,52)(H,56,57)(H,58,59)(H2,40,43,44)(H2,53,54,55)/t28-,32-,33-,34+,38-/m1/s1. The van der Waals surface area contributed by atoms with Crippen LogP contribution in [0.3, 0.4) is 0 Å². The van der Waals surface area contributed by atoms with Crippen molar-refractivity contribution in [1.82, 2.24) is 30.2 Å². The number of nitrogens with one attached hydrogen (secondary N) is 2. The molecule has 2 unspecified atom stereocenters. The van der Waals surface area contributed by atoms with Crippen molar-refractivity contribution >= 4 is 74.9 Å². The predicted octanol–water partition coefficient (Wildman–Crippen LogP) is 3.96. The molecule has 3 heterocycles. The van der Waals surface area contributed by atoms with Crippen LogP contribution in [0.5, 0.6) is 0 Å². The number of fused-ring (bicyclic) bond motifs is 1. The number of imidazole rings is 1. The average Bonchev–Trinajstić information content (AvgIpc) is 3.80. The predicted molar refractivity (Wildman–Crippen MR) is 247 cm³/mol. The number of ether oxygens (including phenoxy) is 1. The molecule has 68 heavy (non-hydrogen) atoms. The summed E-state index contributed by atoms with van der Waals surface area (Å²) >= 11 is 0.939. The van der Waals surface area contributed by atoms with Crippen molar-refractivity contribution in [3.8, 4) is 0 Å².